The fourth-order valence-corrected chi connectivity index (χ4v) is 5.49. The highest BCUT2D eigenvalue weighted by molar-refractivity contribution is 6.33. The van der Waals surface area contributed by atoms with Gasteiger partial charge in [0.25, 0.3) is 0 Å². The summed E-state index contributed by atoms with van der Waals surface area (Å²) in [7, 11) is 0. The molecule has 0 radical (unpaired) electrons. The first-order chi connectivity index (χ1) is 17.5. The minimum absolute atomic E-state index is 0.0531. The Labute approximate surface area is 215 Å². The van der Waals surface area contributed by atoms with E-state index >= 15 is 0 Å². The number of hydrogen-bond donors (Lipinski definition) is 3. The van der Waals surface area contributed by atoms with Crippen LogP contribution in [0.2, 0.25) is 5.02 Å². The van der Waals surface area contributed by atoms with Crippen LogP contribution in [0, 0.1) is 5.92 Å². The standard InChI is InChI=1S/C27H31ClN6O2/c1-2-24(35)34-13-5-6-17(16-34)26(36)31-18-9-11-19(12-10-18)32-27-30-15-22(28)25(33-27)21-14-29-23-8-4-3-7-20(21)23/h2-4,7-8,14-15,17-19,29H,1,5-6,9-13,16H2,(H,31,36)(H,30,32,33). The number of piperidine rings is 1. The van der Waals surface area contributed by atoms with Crippen molar-refractivity contribution in [2.45, 2.75) is 50.6 Å². The first-order valence-corrected chi connectivity index (χ1v) is 13.0. The number of amides is 2. The zero-order chi connectivity index (χ0) is 25.1. The number of aromatic nitrogens is 3. The molecule has 2 aliphatic rings. The van der Waals surface area contributed by atoms with Crippen molar-refractivity contribution in [3.05, 3.63) is 54.3 Å². The SMILES string of the molecule is C=CC(=O)N1CCCC(C(=O)NC2CCC(Nc3ncc(Cl)c(-c4c[nH]c5ccccc45)n3)CC2)C1. The molecule has 8 nitrogen and oxygen atoms in total. The molecule has 9 heteroatoms. The number of carbonyl (C=O) groups excluding carboxylic acids is 2. The second-order valence-electron chi connectivity index (χ2n) is 9.67. The van der Waals surface area contributed by atoms with Gasteiger partial charge in [-0.15, -0.1) is 0 Å². The third kappa shape index (κ3) is 5.23. The van der Waals surface area contributed by atoms with Gasteiger partial charge in [0.1, 0.15) is 0 Å². The number of hydrogen-bond acceptors (Lipinski definition) is 5. The second kappa shape index (κ2) is 10.7. The van der Waals surface area contributed by atoms with Gasteiger partial charge in [-0.05, 0) is 50.7 Å². The lowest BCUT2D eigenvalue weighted by Gasteiger charge is -2.34. The van der Waals surface area contributed by atoms with Crippen molar-refractivity contribution in [2.24, 2.45) is 5.92 Å². The van der Waals surface area contributed by atoms with Crippen LogP contribution in [0.5, 0.6) is 0 Å². The van der Waals surface area contributed by atoms with Crippen LogP contribution in [0.4, 0.5) is 5.95 Å². The highest BCUT2D eigenvalue weighted by Crippen LogP contribution is 2.33. The number of nitrogens with zero attached hydrogens (tertiary/aromatic N) is 3. The number of para-hydroxylation sites is 1. The molecule has 1 saturated heterocycles. The Bertz CT molecular complexity index is 1270. The molecular weight excluding hydrogens is 476 g/mol. The Morgan fingerprint density at radius 1 is 1.14 bits per heavy atom. The highest BCUT2D eigenvalue weighted by atomic mass is 35.5. The molecule has 36 heavy (non-hydrogen) atoms. The predicted molar refractivity (Wildman–Crippen MR) is 142 cm³/mol. The van der Waals surface area contributed by atoms with Gasteiger partial charge in [-0.25, -0.2) is 9.97 Å². The van der Waals surface area contributed by atoms with Crippen molar-refractivity contribution >= 4 is 40.3 Å². The van der Waals surface area contributed by atoms with Crippen LogP contribution in [0.1, 0.15) is 38.5 Å². The lowest BCUT2D eigenvalue weighted by atomic mass is 9.90. The van der Waals surface area contributed by atoms with Gasteiger partial charge >= 0.3 is 0 Å². The third-order valence-electron chi connectivity index (χ3n) is 7.27. The Balaban J connectivity index is 1.16. The van der Waals surface area contributed by atoms with Gasteiger partial charge in [-0.2, -0.15) is 0 Å². The molecule has 1 atom stereocenters. The molecule has 2 amide bonds. The molecule has 0 spiro atoms. The fourth-order valence-electron chi connectivity index (χ4n) is 5.30. The molecular formula is C27H31ClN6O2. The Morgan fingerprint density at radius 3 is 2.72 bits per heavy atom. The number of anilines is 1. The number of benzene rings is 1. The number of carbonyl (C=O) groups is 2. The Morgan fingerprint density at radius 2 is 1.92 bits per heavy atom. The normalized spacial score (nSPS) is 22.2. The van der Waals surface area contributed by atoms with Crippen molar-refractivity contribution in [1.29, 1.82) is 0 Å². The lowest BCUT2D eigenvalue weighted by molar-refractivity contribution is -0.132. The van der Waals surface area contributed by atoms with E-state index in [1.165, 1.54) is 6.08 Å². The summed E-state index contributed by atoms with van der Waals surface area (Å²) >= 11 is 6.46. The lowest BCUT2D eigenvalue weighted by Crippen LogP contribution is -2.48. The maximum Gasteiger partial charge on any atom is 0.245 e. The highest BCUT2D eigenvalue weighted by Gasteiger charge is 2.30. The molecule has 1 aliphatic carbocycles. The van der Waals surface area contributed by atoms with Crippen LogP contribution < -0.4 is 10.6 Å². The van der Waals surface area contributed by atoms with Gasteiger partial charge < -0.3 is 20.5 Å². The van der Waals surface area contributed by atoms with E-state index in [1.807, 2.05) is 30.5 Å². The predicted octanol–water partition coefficient (Wildman–Crippen LogP) is 4.54. The van der Waals surface area contributed by atoms with E-state index in [0.29, 0.717) is 29.8 Å². The van der Waals surface area contributed by atoms with Crippen molar-refractivity contribution in [3.63, 3.8) is 0 Å². The largest absolute Gasteiger partial charge is 0.360 e. The van der Waals surface area contributed by atoms with Gasteiger partial charge in [0.2, 0.25) is 17.8 Å². The van der Waals surface area contributed by atoms with E-state index in [-0.39, 0.29) is 29.8 Å². The third-order valence-corrected chi connectivity index (χ3v) is 7.55. The van der Waals surface area contributed by atoms with Crippen LogP contribution in [-0.2, 0) is 9.59 Å². The molecule has 5 rings (SSSR count). The summed E-state index contributed by atoms with van der Waals surface area (Å²) < 4.78 is 0. The van der Waals surface area contributed by atoms with Gasteiger partial charge in [-0.3, -0.25) is 9.59 Å². The monoisotopic (exact) mass is 506 g/mol. The van der Waals surface area contributed by atoms with Crippen LogP contribution in [-0.4, -0.2) is 56.8 Å². The number of halogens is 1. The maximum absolute atomic E-state index is 12.8. The van der Waals surface area contributed by atoms with Crippen molar-refractivity contribution < 1.29 is 9.59 Å². The fraction of sp³-hybridized carbons (Fsp3) is 0.407. The molecule has 188 valence electrons. The van der Waals surface area contributed by atoms with Gasteiger partial charge in [0.15, 0.2) is 0 Å². The summed E-state index contributed by atoms with van der Waals surface area (Å²) in [6, 6.07) is 8.43. The molecule has 3 N–H and O–H groups in total. The Hall–Kier alpha value is -3.39. The summed E-state index contributed by atoms with van der Waals surface area (Å²) in [6.07, 6.45) is 10.1. The first-order valence-electron chi connectivity index (χ1n) is 12.6. The first kappa shape index (κ1) is 24.3. The molecule has 2 fully saturated rings. The molecule has 1 aliphatic heterocycles. The van der Waals surface area contributed by atoms with E-state index in [2.05, 4.69) is 27.2 Å². The van der Waals surface area contributed by atoms with Gasteiger partial charge in [-0.1, -0.05) is 36.4 Å². The van der Waals surface area contributed by atoms with E-state index in [9.17, 15) is 9.59 Å². The molecule has 3 aromatic rings. The van der Waals surface area contributed by atoms with Crippen LogP contribution in [0.15, 0.2) is 49.3 Å². The number of aromatic amines is 1. The second-order valence-corrected chi connectivity index (χ2v) is 10.1. The summed E-state index contributed by atoms with van der Waals surface area (Å²) in [6.45, 7) is 4.72. The number of H-pyrrole nitrogens is 1. The average molecular weight is 507 g/mol. The van der Waals surface area contributed by atoms with E-state index in [1.54, 1.807) is 11.1 Å². The number of likely N-dealkylation sites (tertiary alicyclic amines) is 1. The van der Waals surface area contributed by atoms with Gasteiger partial charge in [0, 0.05) is 47.8 Å². The number of fused-ring (bicyclic) bond motifs is 1. The molecule has 1 aromatic carbocycles. The minimum Gasteiger partial charge on any atom is -0.360 e. The van der Waals surface area contributed by atoms with Crippen LogP contribution >= 0.6 is 11.6 Å². The van der Waals surface area contributed by atoms with E-state index in [0.717, 1.165) is 55.0 Å². The zero-order valence-corrected chi connectivity index (χ0v) is 20.9. The zero-order valence-electron chi connectivity index (χ0n) is 20.2. The van der Waals surface area contributed by atoms with E-state index in [4.69, 9.17) is 16.6 Å². The van der Waals surface area contributed by atoms with Crippen LogP contribution in [0.3, 0.4) is 0 Å². The quantitative estimate of drug-likeness (QED) is 0.426. The Kier molecular flexibility index (Phi) is 7.23. The average Bonchev–Trinajstić information content (AvgIpc) is 3.34. The molecule has 1 saturated carbocycles. The summed E-state index contributed by atoms with van der Waals surface area (Å²) in [4.78, 5) is 38.9. The van der Waals surface area contributed by atoms with Crippen molar-refractivity contribution in [3.8, 4) is 11.3 Å². The van der Waals surface area contributed by atoms with Crippen LogP contribution in [0.25, 0.3) is 22.2 Å². The summed E-state index contributed by atoms with van der Waals surface area (Å²) in [5.41, 5.74) is 2.68. The smallest absolute Gasteiger partial charge is 0.245 e. The topological polar surface area (TPSA) is 103 Å². The number of nitrogens with one attached hydrogen (secondary N) is 3. The molecule has 1 unspecified atom stereocenters. The molecule has 0 bridgehead atoms. The maximum atomic E-state index is 12.8. The molecule has 3 heterocycles. The van der Waals surface area contributed by atoms with Crippen molar-refractivity contribution in [1.82, 2.24) is 25.2 Å². The van der Waals surface area contributed by atoms with Crippen molar-refractivity contribution in [2.75, 3.05) is 18.4 Å². The van der Waals surface area contributed by atoms with Gasteiger partial charge in [0.05, 0.1) is 22.8 Å². The number of rotatable bonds is 6. The van der Waals surface area contributed by atoms with E-state index < -0.39 is 0 Å². The minimum atomic E-state index is -0.149. The molecule has 2 aromatic heterocycles. The summed E-state index contributed by atoms with van der Waals surface area (Å²) in [5, 5.41) is 8.26. The summed E-state index contributed by atoms with van der Waals surface area (Å²) in [5.74, 6) is 0.360.